The first-order valence-corrected chi connectivity index (χ1v) is 15.6. The number of ether oxygens (including phenoxy) is 2. The van der Waals surface area contributed by atoms with Crippen molar-refractivity contribution in [2.75, 3.05) is 39.9 Å². The molecule has 232 valence electrons. The third-order valence-corrected chi connectivity index (χ3v) is 8.05. The Balaban J connectivity index is 1.54. The zero-order valence-electron chi connectivity index (χ0n) is 26.4. The monoisotopic (exact) mass is 582 g/mol. The Hall–Kier alpha value is -3.07. The summed E-state index contributed by atoms with van der Waals surface area (Å²) in [5.74, 6) is 0.101. The van der Waals surface area contributed by atoms with Crippen LogP contribution in [0.2, 0.25) is 0 Å². The quantitative estimate of drug-likeness (QED) is 0.342. The second-order valence-corrected chi connectivity index (χ2v) is 13.4. The van der Waals surface area contributed by atoms with Gasteiger partial charge in [-0.1, -0.05) is 32.0 Å². The zero-order valence-corrected chi connectivity index (χ0v) is 26.4. The molecule has 1 aliphatic carbocycles. The van der Waals surface area contributed by atoms with E-state index in [1.807, 2.05) is 50.1 Å². The summed E-state index contributed by atoms with van der Waals surface area (Å²) in [6.07, 6.45) is 5.91. The number of methoxy groups -OCH3 is 1. The van der Waals surface area contributed by atoms with Crippen molar-refractivity contribution in [2.45, 2.75) is 84.9 Å². The lowest BCUT2D eigenvalue weighted by Crippen LogP contribution is -2.52. The first kappa shape index (κ1) is 31.9. The van der Waals surface area contributed by atoms with Gasteiger partial charge in [-0.3, -0.25) is 9.59 Å². The number of benzene rings is 1. The van der Waals surface area contributed by atoms with Crippen LogP contribution in [0.3, 0.4) is 0 Å². The molecular weight excluding hydrogens is 532 g/mol. The van der Waals surface area contributed by atoms with Gasteiger partial charge in [0.15, 0.2) is 0 Å². The van der Waals surface area contributed by atoms with Crippen LogP contribution in [0.4, 0.5) is 4.79 Å². The van der Waals surface area contributed by atoms with Crippen LogP contribution in [0.1, 0.15) is 77.1 Å². The lowest BCUT2D eigenvalue weighted by molar-refractivity contribution is -0.127. The van der Waals surface area contributed by atoms with E-state index >= 15 is 0 Å². The fourth-order valence-electron chi connectivity index (χ4n) is 5.83. The van der Waals surface area contributed by atoms with Crippen molar-refractivity contribution in [3.05, 3.63) is 36.0 Å². The molecule has 1 saturated heterocycles. The minimum absolute atomic E-state index is 0.0199. The van der Waals surface area contributed by atoms with Crippen molar-refractivity contribution in [1.82, 2.24) is 19.7 Å². The summed E-state index contributed by atoms with van der Waals surface area (Å²) in [7, 11) is 1.70. The average Bonchev–Trinajstić information content (AvgIpc) is 3.71. The van der Waals surface area contributed by atoms with Crippen molar-refractivity contribution in [2.24, 2.45) is 17.8 Å². The molecular formula is C33H50N4O5. The molecule has 2 heterocycles. The third-order valence-electron chi connectivity index (χ3n) is 8.05. The zero-order chi connectivity index (χ0) is 30.4. The predicted octanol–water partition coefficient (Wildman–Crippen LogP) is 5.32. The number of aryl methyl sites for hydroxylation is 1. The molecule has 9 heteroatoms. The van der Waals surface area contributed by atoms with E-state index in [-0.39, 0.29) is 29.7 Å². The van der Waals surface area contributed by atoms with E-state index in [1.165, 1.54) is 0 Å². The lowest BCUT2D eigenvalue weighted by atomic mass is 9.88. The van der Waals surface area contributed by atoms with Gasteiger partial charge in [0, 0.05) is 69.6 Å². The number of piperidine rings is 1. The van der Waals surface area contributed by atoms with E-state index in [0.29, 0.717) is 50.7 Å². The fourth-order valence-corrected chi connectivity index (χ4v) is 5.83. The van der Waals surface area contributed by atoms with Crippen LogP contribution in [0, 0.1) is 17.8 Å². The molecule has 1 aromatic carbocycles. The molecule has 42 heavy (non-hydrogen) atoms. The molecule has 2 aliphatic rings. The highest BCUT2D eigenvalue weighted by Crippen LogP contribution is 2.34. The van der Waals surface area contributed by atoms with E-state index in [9.17, 15) is 14.4 Å². The maximum absolute atomic E-state index is 14.2. The maximum atomic E-state index is 14.2. The summed E-state index contributed by atoms with van der Waals surface area (Å²) >= 11 is 0. The summed E-state index contributed by atoms with van der Waals surface area (Å²) in [5.41, 5.74) is 1.12. The standard InChI is InChI=1S/C33H50N4O5/c1-23(2)14-15-34-30(38)25-18-24(19-36(21-25)32(40)42-33(3,4)5)20-37(26-12-13-26)31(39)28-22-35(16-9-17-41-6)29-11-8-7-10-27(28)29/h7-8,10-11,22-26H,9,12-21H2,1-6H3,(H,34,38)/t24-,25+/m1/s1. The highest BCUT2D eigenvalue weighted by atomic mass is 16.6. The van der Waals surface area contributed by atoms with Crippen LogP contribution in [0.15, 0.2) is 30.5 Å². The summed E-state index contributed by atoms with van der Waals surface area (Å²) in [5, 5.41) is 4.03. The van der Waals surface area contributed by atoms with Gasteiger partial charge >= 0.3 is 6.09 Å². The smallest absolute Gasteiger partial charge is 0.410 e. The molecule has 0 spiro atoms. The van der Waals surface area contributed by atoms with Crippen LogP contribution in [0.5, 0.6) is 0 Å². The number of carbonyl (C=O) groups is 3. The number of rotatable bonds is 12. The van der Waals surface area contributed by atoms with Gasteiger partial charge in [-0.15, -0.1) is 0 Å². The number of aromatic nitrogens is 1. The molecule has 1 saturated carbocycles. The van der Waals surface area contributed by atoms with Crippen molar-refractivity contribution in [3.63, 3.8) is 0 Å². The number of para-hydroxylation sites is 1. The van der Waals surface area contributed by atoms with Crippen LogP contribution in [0.25, 0.3) is 10.9 Å². The number of carbonyl (C=O) groups excluding carboxylic acids is 3. The second-order valence-electron chi connectivity index (χ2n) is 13.4. The maximum Gasteiger partial charge on any atom is 0.410 e. The van der Waals surface area contributed by atoms with E-state index in [0.717, 1.165) is 43.1 Å². The summed E-state index contributed by atoms with van der Waals surface area (Å²) < 4.78 is 13.1. The molecule has 1 aromatic heterocycles. The van der Waals surface area contributed by atoms with Gasteiger partial charge in [0.2, 0.25) is 5.91 Å². The number of amides is 3. The first-order chi connectivity index (χ1) is 20.0. The Labute approximate surface area is 250 Å². The summed E-state index contributed by atoms with van der Waals surface area (Å²) in [6.45, 7) is 13.1. The lowest BCUT2D eigenvalue weighted by Gasteiger charge is -2.39. The van der Waals surface area contributed by atoms with Gasteiger partial charge in [0.25, 0.3) is 5.91 Å². The van der Waals surface area contributed by atoms with E-state index in [4.69, 9.17) is 9.47 Å². The molecule has 2 aromatic rings. The van der Waals surface area contributed by atoms with Crippen molar-refractivity contribution < 1.29 is 23.9 Å². The van der Waals surface area contributed by atoms with Crippen LogP contribution in [-0.2, 0) is 20.8 Å². The minimum atomic E-state index is -0.632. The van der Waals surface area contributed by atoms with Gasteiger partial charge in [0.1, 0.15) is 5.60 Å². The number of likely N-dealkylation sites (tertiary alicyclic amines) is 1. The molecule has 3 amide bonds. The molecule has 1 N–H and O–H groups in total. The summed E-state index contributed by atoms with van der Waals surface area (Å²) in [4.78, 5) is 44.2. The molecule has 9 nitrogen and oxygen atoms in total. The SMILES string of the molecule is COCCCn1cc(C(=O)N(C[C@@H]2C[C@H](C(=O)NCCC(C)C)CN(C(=O)OC(C)(C)C)C2)C2CC2)c2ccccc21. The normalized spacial score (nSPS) is 19.3. The molecule has 0 unspecified atom stereocenters. The van der Waals surface area contributed by atoms with Gasteiger partial charge in [-0.2, -0.15) is 0 Å². The van der Waals surface area contributed by atoms with Crippen molar-refractivity contribution in [3.8, 4) is 0 Å². The molecule has 2 atom stereocenters. The molecule has 2 fully saturated rings. The first-order valence-electron chi connectivity index (χ1n) is 15.6. The Morgan fingerprint density at radius 2 is 1.86 bits per heavy atom. The molecule has 0 bridgehead atoms. The molecule has 4 rings (SSSR count). The predicted molar refractivity (Wildman–Crippen MR) is 164 cm³/mol. The highest BCUT2D eigenvalue weighted by molar-refractivity contribution is 6.07. The summed E-state index contributed by atoms with van der Waals surface area (Å²) in [6, 6.07) is 8.23. The van der Waals surface area contributed by atoms with Gasteiger partial charge in [-0.05, 0) is 70.8 Å². The van der Waals surface area contributed by atoms with E-state index < -0.39 is 11.7 Å². The van der Waals surface area contributed by atoms with Crippen LogP contribution < -0.4 is 5.32 Å². The second kappa shape index (κ2) is 13.9. The van der Waals surface area contributed by atoms with E-state index in [2.05, 4.69) is 29.8 Å². The largest absolute Gasteiger partial charge is 0.444 e. The molecule has 1 aliphatic heterocycles. The number of hydrogen-bond acceptors (Lipinski definition) is 5. The molecule has 0 radical (unpaired) electrons. The fraction of sp³-hybridized carbons (Fsp3) is 0.667. The number of nitrogens with one attached hydrogen (secondary N) is 1. The topological polar surface area (TPSA) is 93.1 Å². The third kappa shape index (κ3) is 8.49. The van der Waals surface area contributed by atoms with E-state index in [1.54, 1.807) is 12.0 Å². The number of nitrogens with zero attached hydrogens (tertiary/aromatic N) is 3. The Kier molecular flexibility index (Phi) is 10.6. The van der Waals surface area contributed by atoms with Gasteiger partial charge < -0.3 is 29.2 Å². The number of hydrogen-bond donors (Lipinski definition) is 1. The highest BCUT2D eigenvalue weighted by Gasteiger charge is 2.40. The Bertz CT molecular complexity index is 1230. The Morgan fingerprint density at radius 3 is 2.52 bits per heavy atom. The average molecular weight is 583 g/mol. The van der Waals surface area contributed by atoms with Gasteiger partial charge in [-0.25, -0.2) is 4.79 Å². The van der Waals surface area contributed by atoms with Crippen LogP contribution in [-0.4, -0.2) is 83.8 Å². The Morgan fingerprint density at radius 1 is 1.12 bits per heavy atom. The minimum Gasteiger partial charge on any atom is -0.444 e. The van der Waals surface area contributed by atoms with Crippen LogP contribution >= 0.6 is 0 Å². The van der Waals surface area contributed by atoms with Crippen molar-refractivity contribution >= 4 is 28.8 Å². The van der Waals surface area contributed by atoms with Gasteiger partial charge in [0.05, 0.1) is 11.5 Å². The number of fused-ring (bicyclic) bond motifs is 1. The van der Waals surface area contributed by atoms with Crippen molar-refractivity contribution in [1.29, 1.82) is 0 Å².